The standard InChI is InChI=1S/C16H21BrN2O2/c1-10(21-15-6-2-11(17)3-7-15)16(20)19-14-8-12-4-5-13(9-14)18-12/h2-3,6-7,10,12-14,18H,4-5,8-9H2,1H3,(H,19,20). The number of carbonyl (C=O) groups is 1. The zero-order chi connectivity index (χ0) is 14.8. The second-order valence-electron chi connectivity index (χ2n) is 6.03. The maximum Gasteiger partial charge on any atom is 0.260 e. The molecule has 21 heavy (non-hydrogen) atoms. The van der Waals surface area contributed by atoms with Gasteiger partial charge in [-0.15, -0.1) is 0 Å². The molecule has 1 aromatic rings. The third-order valence-electron chi connectivity index (χ3n) is 4.32. The molecule has 1 amide bonds. The minimum absolute atomic E-state index is 0.0239. The minimum atomic E-state index is -0.473. The van der Waals surface area contributed by atoms with Gasteiger partial charge >= 0.3 is 0 Å². The van der Waals surface area contributed by atoms with E-state index in [1.54, 1.807) is 6.92 Å². The summed E-state index contributed by atoms with van der Waals surface area (Å²) in [6.45, 7) is 1.80. The zero-order valence-electron chi connectivity index (χ0n) is 12.1. The number of piperidine rings is 1. The van der Waals surface area contributed by atoms with Crippen LogP contribution in [-0.4, -0.2) is 30.1 Å². The quantitative estimate of drug-likeness (QED) is 0.875. The van der Waals surface area contributed by atoms with Gasteiger partial charge in [0.15, 0.2) is 6.10 Å². The number of rotatable bonds is 4. The Labute approximate surface area is 133 Å². The monoisotopic (exact) mass is 352 g/mol. The highest BCUT2D eigenvalue weighted by Gasteiger charge is 2.34. The maximum atomic E-state index is 12.3. The second-order valence-corrected chi connectivity index (χ2v) is 6.94. The summed E-state index contributed by atoms with van der Waals surface area (Å²) >= 11 is 3.38. The molecular weight excluding hydrogens is 332 g/mol. The van der Waals surface area contributed by atoms with Crippen molar-refractivity contribution in [2.24, 2.45) is 0 Å². The highest BCUT2D eigenvalue weighted by atomic mass is 79.9. The maximum absolute atomic E-state index is 12.3. The molecule has 3 atom stereocenters. The van der Waals surface area contributed by atoms with Gasteiger partial charge in [-0.3, -0.25) is 4.79 Å². The van der Waals surface area contributed by atoms with E-state index >= 15 is 0 Å². The normalized spacial score (nSPS) is 29.0. The van der Waals surface area contributed by atoms with E-state index in [0.717, 1.165) is 17.3 Å². The summed E-state index contributed by atoms with van der Waals surface area (Å²) < 4.78 is 6.69. The van der Waals surface area contributed by atoms with Crippen molar-refractivity contribution in [2.45, 2.75) is 56.8 Å². The van der Waals surface area contributed by atoms with Gasteiger partial charge < -0.3 is 15.4 Å². The third kappa shape index (κ3) is 3.77. The third-order valence-corrected chi connectivity index (χ3v) is 4.84. The van der Waals surface area contributed by atoms with Crippen LogP contribution in [0.25, 0.3) is 0 Å². The number of hydrogen-bond donors (Lipinski definition) is 2. The summed E-state index contributed by atoms with van der Waals surface area (Å²) in [7, 11) is 0. The predicted molar refractivity (Wildman–Crippen MR) is 85.3 cm³/mol. The molecule has 2 aliphatic heterocycles. The minimum Gasteiger partial charge on any atom is -0.481 e. The Kier molecular flexibility index (Phi) is 4.50. The molecule has 4 nitrogen and oxygen atoms in total. The molecule has 2 bridgehead atoms. The molecule has 2 N–H and O–H groups in total. The van der Waals surface area contributed by atoms with Gasteiger partial charge in [0.2, 0.25) is 0 Å². The Balaban J connectivity index is 1.51. The highest BCUT2D eigenvalue weighted by Crippen LogP contribution is 2.26. The average molecular weight is 353 g/mol. The van der Waals surface area contributed by atoms with Crippen LogP contribution in [0.4, 0.5) is 0 Å². The number of ether oxygens (including phenoxy) is 1. The zero-order valence-corrected chi connectivity index (χ0v) is 13.7. The van der Waals surface area contributed by atoms with Crippen molar-refractivity contribution in [3.05, 3.63) is 28.7 Å². The molecule has 0 aliphatic carbocycles. The lowest BCUT2D eigenvalue weighted by Gasteiger charge is -2.30. The number of amides is 1. The van der Waals surface area contributed by atoms with Gasteiger partial charge in [0.25, 0.3) is 5.91 Å². The van der Waals surface area contributed by atoms with Crippen LogP contribution in [0.1, 0.15) is 32.6 Å². The molecule has 2 saturated heterocycles. The van der Waals surface area contributed by atoms with Crippen molar-refractivity contribution >= 4 is 21.8 Å². The number of hydrogen-bond acceptors (Lipinski definition) is 3. The Morgan fingerprint density at radius 3 is 2.52 bits per heavy atom. The van der Waals surface area contributed by atoms with Crippen molar-refractivity contribution in [3.8, 4) is 5.75 Å². The van der Waals surface area contributed by atoms with Crippen molar-refractivity contribution in [1.29, 1.82) is 0 Å². The van der Waals surface area contributed by atoms with Gasteiger partial charge in [0, 0.05) is 22.6 Å². The van der Waals surface area contributed by atoms with Gasteiger partial charge in [-0.1, -0.05) is 15.9 Å². The molecule has 0 spiro atoms. The fourth-order valence-corrected chi connectivity index (χ4v) is 3.53. The summed E-state index contributed by atoms with van der Waals surface area (Å²) in [5, 5.41) is 6.72. The summed E-state index contributed by atoms with van der Waals surface area (Å²) in [4.78, 5) is 12.3. The molecule has 114 valence electrons. The SMILES string of the molecule is CC(Oc1ccc(Br)cc1)C(=O)NC1CC2CCC(C1)N2. The van der Waals surface area contributed by atoms with Crippen LogP contribution in [0.5, 0.6) is 5.75 Å². The topological polar surface area (TPSA) is 50.4 Å². The molecule has 2 heterocycles. The second kappa shape index (κ2) is 6.36. The van der Waals surface area contributed by atoms with Crippen molar-refractivity contribution < 1.29 is 9.53 Å². The summed E-state index contributed by atoms with van der Waals surface area (Å²) in [5.41, 5.74) is 0. The molecule has 5 heteroatoms. The van der Waals surface area contributed by atoms with Crippen LogP contribution in [0, 0.1) is 0 Å². The number of nitrogens with one attached hydrogen (secondary N) is 2. The van der Waals surface area contributed by atoms with Crippen LogP contribution >= 0.6 is 15.9 Å². The smallest absolute Gasteiger partial charge is 0.260 e. The van der Waals surface area contributed by atoms with Crippen LogP contribution < -0.4 is 15.4 Å². The summed E-state index contributed by atoms with van der Waals surface area (Å²) in [6.07, 6.45) is 4.07. The van der Waals surface area contributed by atoms with Crippen LogP contribution in [0.15, 0.2) is 28.7 Å². The van der Waals surface area contributed by atoms with Crippen molar-refractivity contribution in [3.63, 3.8) is 0 Å². The molecule has 2 fully saturated rings. The van der Waals surface area contributed by atoms with E-state index in [9.17, 15) is 4.79 Å². The largest absolute Gasteiger partial charge is 0.481 e. The van der Waals surface area contributed by atoms with Gasteiger partial charge in [-0.25, -0.2) is 0 Å². The molecule has 3 rings (SSSR count). The molecule has 0 saturated carbocycles. The van der Waals surface area contributed by atoms with Gasteiger partial charge in [0.05, 0.1) is 0 Å². The predicted octanol–water partition coefficient (Wildman–Crippen LogP) is 2.62. The first kappa shape index (κ1) is 14.9. The Hall–Kier alpha value is -1.07. The summed E-state index contributed by atoms with van der Waals surface area (Å²) in [6, 6.07) is 8.98. The first-order valence-corrected chi connectivity index (χ1v) is 8.38. The van der Waals surface area contributed by atoms with Crippen molar-refractivity contribution in [2.75, 3.05) is 0 Å². The van der Waals surface area contributed by atoms with Gasteiger partial charge in [-0.2, -0.15) is 0 Å². The first-order valence-electron chi connectivity index (χ1n) is 7.59. The average Bonchev–Trinajstić information content (AvgIpc) is 2.80. The van der Waals surface area contributed by atoms with Gasteiger partial charge in [-0.05, 0) is 56.9 Å². The van der Waals surface area contributed by atoms with E-state index in [1.165, 1.54) is 12.8 Å². The number of benzene rings is 1. The van der Waals surface area contributed by atoms with Crippen molar-refractivity contribution in [1.82, 2.24) is 10.6 Å². The summed E-state index contributed by atoms with van der Waals surface area (Å²) in [5.74, 6) is 0.690. The lowest BCUT2D eigenvalue weighted by molar-refractivity contribution is -0.128. The van der Waals surface area contributed by atoms with E-state index < -0.39 is 6.10 Å². The lowest BCUT2D eigenvalue weighted by atomic mass is 9.99. The molecule has 3 unspecified atom stereocenters. The van der Waals surface area contributed by atoms with Gasteiger partial charge in [0.1, 0.15) is 5.75 Å². The van der Waals surface area contributed by atoms with E-state index in [4.69, 9.17) is 4.74 Å². The van der Waals surface area contributed by atoms with E-state index in [2.05, 4.69) is 26.6 Å². The molecule has 0 aromatic heterocycles. The van der Waals surface area contributed by atoms with E-state index in [-0.39, 0.29) is 11.9 Å². The molecule has 2 aliphatic rings. The molecular formula is C16H21BrN2O2. The highest BCUT2D eigenvalue weighted by molar-refractivity contribution is 9.10. The van der Waals surface area contributed by atoms with E-state index in [1.807, 2.05) is 24.3 Å². The van der Waals surface area contributed by atoms with E-state index in [0.29, 0.717) is 17.8 Å². The van der Waals surface area contributed by atoms with Crippen LogP contribution in [-0.2, 0) is 4.79 Å². The lowest BCUT2D eigenvalue weighted by Crippen LogP contribution is -2.50. The fraction of sp³-hybridized carbons (Fsp3) is 0.562. The Bertz CT molecular complexity index is 494. The molecule has 0 radical (unpaired) electrons. The number of fused-ring (bicyclic) bond motifs is 2. The Morgan fingerprint density at radius 2 is 1.90 bits per heavy atom. The first-order chi connectivity index (χ1) is 10.1. The Morgan fingerprint density at radius 1 is 1.29 bits per heavy atom. The van der Waals surface area contributed by atoms with Crippen LogP contribution in [0.3, 0.4) is 0 Å². The number of halogens is 1. The molecule has 1 aromatic carbocycles. The number of carbonyl (C=O) groups excluding carboxylic acids is 1. The fourth-order valence-electron chi connectivity index (χ4n) is 3.26. The van der Waals surface area contributed by atoms with Crippen LogP contribution in [0.2, 0.25) is 0 Å².